The van der Waals surface area contributed by atoms with Crippen molar-refractivity contribution in [2.45, 2.75) is 6.18 Å². The number of nitrogens with one attached hydrogen (secondary N) is 2. The molecule has 2 rings (SSSR count). The predicted octanol–water partition coefficient (Wildman–Crippen LogP) is 3.63. The maximum atomic E-state index is 12.5. The number of halogens is 4. The molecule has 0 fully saturated rings. The summed E-state index contributed by atoms with van der Waals surface area (Å²) in [5.41, 5.74) is -0.222. The van der Waals surface area contributed by atoms with Gasteiger partial charge in [-0.2, -0.15) is 13.2 Å². The van der Waals surface area contributed by atoms with Gasteiger partial charge in [0.1, 0.15) is 0 Å². The third-order valence-corrected chi connectivity index (χ3v) is 3.75. The fourth-order valence-electron chi connectivity index (χ4n) is 2.00. The minimum atomic E-state index is -4.44. The van der Waals surface area contributed by atoms with Crippen LogP contribution in [0.15, 0.2) is 53.0 Å². The molecule has 0 saturated carbocycles. The second-order valence-electron chi connectivity index (χ2n) is 5.10. The van der Waals surface area contributed by atoms with Gasteiger partial charge in [0, 0.05) is 28.7 Å². The molecule has 4 nitrogen and oxygen atoms in total. The lowest BCUT2D eigenvalue weighted by molar-refractivity contribution is -0.137. The monoisotopic (exact) mass is 414 g/mol. The summed E-state index contributed by atoms with van der Waals surface area (Å²) < 4.78 is 38.2. The molecule has 0 unspecified atom stereocenters. The third-order valence-electron chi connectivity index (χ3n) is 3.26. The first kappa shape index (κ1) is 19.0. The SMILES string of the molecule is O=C(NCCNC(=O)c1cccc(Br)c1)c1ccc(C(F)(F)F)cc1. The summed E-state index contributed by atoms with van der Waals surface area (Å²) in [6.45, 7) is 0.345. The second kappa shape index (κ2) is 8.15. The van der Waals surface area contributed by atoms with Crippen molar-refractivity contribution < 1.29 is 22.8 Å². The van der Waals surface area contributed by atoms with Gasteiger partial charge < -0.3 is 10.6 Å². The highest BCUT2D eigenvalue weighted by atomic mass is 79.9. The number of hydrogen-bond acceptors (Lipinski definition) is 2. The molecule has 25 heavy (non-hydrogen) atoms. The van der Waals surface area contributed by atoms with Gasteiger partial charge in [0.15, 0.2) is 0 Å². The normalized spacial score (nSPS) is 11.0. The Kier molecular flexibility index (Phi) is 6.19. The topological polar surface area (TPSA) is 58.2 Å². The summed E-state index contributed by atoms with van der Waals surface area (Å²) in [5.74, 6) is -0.796. The fraction of sp³-hybridized carbons (Fsp3) is 0.176. The van der Waals surface area contributed by atoms with Crippen LogP contribution in [0, 0.1) is 0 Å². The number of rotatable bonds is 5. The Labute approximate surface area is 150 Å². The van der Waals surface area contributed by atoms with Gasteiger partial charge >= 0.3 is 6.18 Å². The number of hydrogen-bond donors (Lipinski definition) is 2. The van der Waals surface area contributed by atoms with Gasteiger partial charge in [-0.3, -0.25) is 9.59 Å². The maximum Gasteiger partial charge on any atom is 0.416 e. The van der Waals surface area contributed by atoms with E-state index in [1.807, 2.05) is 0 Å². The molecule has 0 aliphatic heterocycles. The van der Waals surface area contributed by atoms with E-state index >= 15 is 0 Å². The van der Waals surface area contributed by atoms with Crippen molar-refractivity contribution in [2.75, 3.05) is 13.1 Å². The van der Waals surface area contributed by atoms with Crippen molar-refractivity contribution in [1.29, 1.82) is 0 Å². The van der Waals surface area contributed by atoms with Gasteiger partial charge in [-0.05, 0) is 42.5 Å². The molecule has 2 aromatic rings. The molecule has 0 aliphatic carbocycles. The zero-order valence-corrected chi connectivity index (χ0v) is 14.4. The minimum Gasteiger partial charge on any atom is -0.350 e. The lowest BCUT2D eigenvalue weighted by Crippen LogP contribution is -2.34. The Morgan fingerprint density at radius 1 is 0.880 bits per heavy atom. The van der Waals surface area contributed by atoms with Crippen LogP contribution in [0.5, 0.6) is 0 Å². The van der Waals surface area contributed by atoms with Crippen molar-refractivity contribution in [3.63, 3.8) is 0 Å². The number of alkyl halides is 3. The lowest BCUT2D eigenvalue weighted by atomic mass is 10.1. The smallest absolute Gasteiger partial charge is 0.350 e. The van der Waals surface area contributed by atoms with Crippen LogP contribution in [0.1, 0.15) is 26.3 Å². The first-order valence-electron chi connectivity index (χ1n) is 7.26. The fourth-order valence-corrected chi connectivity index (χ4v) is 2.40. The van der Waals surface area contributed by atoms with Crippen LogP contribution in [-0.4, -0.2) is 24.9 Å². The molecule has 0 heterocycles. The molecule has 2 N–H and O–H groups in total. The summed E-state index contributed by atoms with van der Waals surface area (Å²) in [6.07, 6.45) is -4.44. The summed E-state index contributed by atoms with van der Waals surface area (Å²) in [4.78, 5) is 23.7. The van der Waals surface area contributed by atoms with Gasteiger partial charge in [0.2, 0.25) is 0 Å². The van der Waals surface area contributed by atoms with Gasteiger partial charge in [0.25, 0.3) is 11.8 Å². The second-order valence-corrected chi connectivity index (χ2v) is 6.01. The molecule has 0 atom stereocenters. The highest BCUT2D eigenvalue weighted by molar-refractivity contribution is 9.10. The summed E-state index contributed by atoms with van der Waals surface area (Å²) >= 11 is 3.27. The zero-order chi connectivity index (χ0) is 18.4. The van der Waals surface area contributed by atoms with Crippen LogP contribution < -0.4 is 10.6 Å². The van der Waals surface area contributed by atoms with Crippen LogP contribution in [0.4, 0.5) is 13.2 Å². The average molecular weight is 415 g/mol. The first-order chi connectivity index (χ1) is 11.8. The van der Waals surface area contributed by atoms with Crippen molar-refractivity contribution in [3.05, 3.63) is 69.7 Å². The van der Waals surface area contributed by atoms with Crippen molar-refractivity contribution in [2.24, 2.45) is 0 Å². The van der Waals surface area contributed by atoms with Crippen molar-refractivity contribution in [1.82, 2.24) is 10.6 Å². The quantitative estimate of drug-likeness (QED) is 0.733. The number of carbonyl (C=O) groups excluding carboxylic acids is 2. The largest absolute Gasteiger partial charge is 0.416 e. The Balaban J connectivity index is 1.79. The molecule has 0 bridgehead atoms. The van der Waals surface area contributed by atoms with Crippen LogP contribution >= 0.6 is 15.9 Å². The van der Waals surface area contributed by atoms with E-state index in [0.29, 0.717) is 5.56 Å². The van der Waals surface area contributed by atoms with E-state index in [4.69, 9.17) is 0 Å². The molecule has 0 spiro atoms. The van der Waals surface area contributed by atoms with E-state index in [1.54, 1.807) is 24.3 Å². The summed E-state index contributed by atoms with van der Waals surface area (Å²) in [6, 6.07) is 10.8. The zero-order valence-electron chi connectivity index (χ0n) is 12.9. The maximum absolute atomic E-state index is 12.5. The van der Waals surface area contributed by atoms with Crippen LogP contribution in [0.2, 0.25) is 0 Å². The van der Waals surface area contributed by atoms with Gasteiger partial charge in [-0.25, -0.2) is 0 Å². The van der Waals surface area contributed by atoms with E-state index in [2.05, 4.69) is 26.6 Å². The molecule has 132 valence electrons. The third kappa shape index (κ3) is 5.60. The predicted molar refractivity (Wildman–Crippen MR) is 90.3 cm³/mol. The highest BCUT2D eigenvalue weighted by Crippen LogP contribution is 2.29. The Morgan fingerprint density at radius 2 is 1.44 bits per heavy atom. The van der Waals surface area contributed by atoms with E-state index < -0.39 is 17.6 Å². The summed E-state index contributed by atoms with van der Waals surface area (Å²) in [5, 5.41) is 5.17. The first-order valence-corrected chi connectivity index (χ1v) is 8.06. The molecular weight excluding hydrogens is 401 g/mol. The molecule has 8 heteroatoms. The van der Waals surface area contributed by atoms with E-state index in [1.165, 1.54) is 0 Å². The van der Waals surface area contributed by atoms with E-state index in [-0.39, 0.29) is 24.6 Å². The Hall–Kier alpha value is -2.35. The average Bonchev–Trinajstić information content (AvgIpc) is 2.57. The van der Waals surface area contributed by atoms with Crippen LogP contribution in [0.3, 0.4) is 0 Å². The van der Waals surface area contributed by atoms with Crippen molar-refractivity contribution >= 4 is 27.7 Å². The lowest BCUT2D eigenvalue weighted by Gasteiger charge is -2.09. The summed E-state index contributed by atoms with van der Waals surface area (Å²) in [7, 11) is 0. The van der Waals surface area contributed by atoms with Crippen LogP contribution in [0.25, 0.3) is 0 Å². The number of amides is 2. The van der Waals surface area contributed by atoms with Gasteiger partial charge in [0.05, 0.1) is 5.56 Å². The Morgan fingerprint density at radius 3 is 1.96 bits per heavy atom. The molecule has 2 amide bonds. The molecule has 2 aromatic carbocycles. The Bertz CT molecular complexity index is 761. The van der Waals surface area contributed by atoms with Crippen molar-refractivity contribution in [3.8, 4) is 0 Å². The van der Waals surface area contributed by atoms with E-state index in [0.717, 1.165) is 28.7 Å². The number of carbonyl (C=O) groups is 2. The molecule has 0 saturated heterocycles. The molecule has 0 aliphatic rings. The molecular formula is C17H14BrF3N2O2. The van der Waals surface area contributed by atoms with E-state index in [9.17, 15) is 22.8 Å². The highest BCUT2D eigenvalue weighted by Gasteiger charge is 2.30. The van der Waals surface area contributed by atoms with Gasteiger partial charge in [-0.15, -0.1) is 0 Å². The molecule has 0 radical (unpaired) electrons. The number of benzene rings is 2. The minimum absolute atomic E-state index is 0.117. The van der Waals surface area contributed by atoms with Crippen LogP contribution in [-0.2, 0) is 6.18 Å². The molecule has 0 aromatic heterocycles. The standard InChI is InChI=1S/C17H14BrF3N2O2/c18-14-3-1-2-12(10-14)16(25)23-9-8-22-15(24)11-4-6-13(7-5-11)17(19,20)21/h1-7,10H,8-9H2,(H,22,24)(H,23,25). The van der Waals surface area contributed by atoms with Gasteiger partial charge in [-0.1, -0.05) is 22.0 Å².